The van der Waals surface area contributed by atoms with Crippen LogP contribution in [0.5, 0.6) is 0 Å². The van der Waals surface area contributed by atoms with Gasteiger partial charge in [0.2, 0.25) is 5.91 Å². The first-order valence-corrected chi connectivity index (χ1v) is 6.51. The zero-order valence-corrected chi connectivity index (χ0v) is 10.4. The van der Waals surface area contributed by atoms with E-state index in [1.807, 2.05) is 24.4 Å². The van der Waals surface area contributed by atoms with Crippen LogP contribution >= 0.6 is 11.3 Å². The molecule has 17 heavy (non-hydrogen) atoms. The average molecular weight is 253 g/mol. The largest absolute Gasteiger partial charge is 0.481 e. The molecule has 5 heteroatoms. The molecule has 1 aliphatic carbocycles. The predicted octanol–water partition coefficient (Wildman–Crippen LogP) is 1.52. The molecule has 1 saturated carbocycles. The first kappa shape index (κ1) is 12.1. The Morgan fingerprint density at radius 1 is 1.59 bits per heavy atom. The van der Waals surface area contributed by atoms with Gasteiger partial charge in [0.15, 0.2) is 0 Å². The number of hydrogen-bond acceptors (Lipinski definition) is 3. The predicted molar refractivity (Wildman–Crippen MR) is 64.9 cm³/mol. The Morgan fingerprint density at radius 3 is 2.88 bits per heavy atom. The van der Waals surface area contributed by atoms with Gasteiger partial charge in [-0.05, 0) is 24.8 Å². The number of nitrogens with one attached hydrogen (secondary N) is 1. The van der Waals surface area contributed by atoms with Crippen LogP contribution in [0.25, 0.3) is 0 Å². The van der Waals surface area contributed by atoms with Crippen LogP contribution < -0.4 is 5.32 Å². The van der Waals surface area contributed by atoms with Crippen molar-refractivity contribution in [3.8, 4) is 0 Å². The second-order valence-corrected chi connectivity index (χ2v) is 5.51. The topological polar surface area (TPSA) is 66.4 Å². The highest BCUT2D eigenvalue weighted by atomic mass is 32.1. The molecule has 1 aromatic heterocycles. The third kappa shape index (κ3) is 3.06. The summed E-state index contributed by atoms with van der Waals surface area (Å²) in [6.07, 6.45) is 1.28. The van der Waals surface area contributed by atoms with E-state index in [2.05, 4.69) is 5.32 Å². The summed E-state index contributed by atoms with van der Waals surface area (Å²) in [6, 6.07) is 4.07. The summed E-state index contributed by atoms with van der Waals surface area (Å²) in [7, 11) is 0. The molecule has 0 spiro atoms. The average Bonchev–Trinajstić information content (AvgIpc) is 2.92. The third-order valence-corrected chi connectivity index (χ3v) is 3.82. The van der Waals surface area contributed by atoms with Gasteiger partial charge in [-0.2, -0.15) is 0 Å². The van der Waals surface area contributed by atoms with Gasteiger partial charge in [-0.3, -0.25) is 9.59 Å². The summed E-state index contributed by atoms with van der Waals surface area (Å²) in [5.41, 5.74) is 0. The summed E-state index contributed by atoms with van der Waals surface area (Å²) in [5, 5.41) is 13.6. The normalized spacial score (nSPS) is 24.1. The van der Waals surface area contributed by atoms with Crippen molar-refractivity contribution in [1.82, 2.24) is 5.32 Å². The minimum Gasteiger partial charge on any atom is -0.481 e. The number of aliphatic carboxylic acids is 1. The number of rotatable bonds is 5. The lowest BCUT2D eigenvalue weighted by atomic mass is 10.2. The lowest BCUT2D eigenvalue weighted by Crippen LogP contribution is -2.35. The van der Waals surface area contributed by atoms with Crippen molar-refractivity contribution < 1.29 is 14.7 Å². The van der Waals surface area contributed by atoms with Gasteiger partial charge >= 0.3 is 5.97 Å². The standard InChI is InChI=1S/C12H15NO3S/c1-7(5-8-3-2-4-17-8)13-11(14)9-6-10(9)12(15)16/h2-4,7,9-10H,5-6H2,1H3,(H,13,14)(H,15,16)/t7-,9-,10-/m1/s1. The maximum Gasteiger partial charge on any atom is 0.307 e. The van der Waals surface area contributed by atoms with Crippen molar-refractivity contribution in [1.29, 1.82) is 0 Å². The Morgan fingerprint density at radius 2 is 2.35 bits per heavy atom. The van der Waals surface area contributed by atoms with Gasteiger partial charge in [-0.1, -0.05) is 6.07 Å². The Labute approximate surface area is 104 Å². The van der Waals surface area contributed by atoms with Crippen LogP contribution in [0, 0.1) is 11.8 Å². The van der Waals surface area contributed by atoms with Crippen LogP contribution in [-0.4, -0.2) is 23.0 Å². The van der Waals surface area contributed by atoms with Crippen molar-refractivity contribution in [3.63, 3.8) is 0 Å². The molecular formula is C12H15NO3S. The lowest BCUT2D eigenvalue weighted by molar-refractivity contribution is -0.140. The van der Waals surface area contributed by atoms with E-state index in [4.69, 9.17) is 5.11 Å². The van der Waals surface area contributed by atoms with Gasteiger partial charge in [0.25, 0.3) is 0 Å². The summed E-state index contributed by atoms with van der Waals surface area (Å²) in [4.78, 5) is 23.6. The molecule has 0 aromatic carbocycles. The van der Waals surface area contributed by atoms with Crippen molar-refractivity contribution in [2.24, 2.45) is 11.8 Å². The van der Waals surface area contributed by atoms with E-state index in [0.717, 1.165) is 6.42 Å². The maximum absolute atomic E-state index is 11.7. The molecule has 1 aliphatic rings. The monoisotopic (exact) mass is 253 g/mol. The first-order valence-electron chi connectivity index (χ1n) is 5.63. The minimum atomic E-state index is -0.865. The number of carboxylic acid groups (broad SMARTS) is 1. The molecule has 0 unspecified atom stereocenters. The van der Waals surface area contributed by atoms with Crippen LogP contribution in [0.1, 0.15) is 18.2 Å². The lowest BCUT2D eigenvalue weighted by Gasteiger charge is -2.12. The van der Waals surface area contributed by atoms with Crippen molar-refractivity contribution in [2.75, 3.05) is 0 Å². The van der Waals surface area contributed by atoms with Crippen LogP contribution in [0.2, 0.25) is 0 Å². The highest BCUT2D eigenvalue weighted by Gasteiger charge is 2.48. The van der Waals surface area contributed by atoms with Gasteiger partial charge < -0.3 is 10.4 Å². The molecule has 92 valence electrons. The van der Waals surface area contributed by atoms with Gasteiger partial charge in [-0.15, -0.1) is 11.3 Å². The van der Waals surface area contributed by atoms with E-state index in [1.165, 1.54) is 4.88 Å². The maximum atomic E-state index is 11.7. The highest BCUT2D eigenvalue weighted by Crippen LogP contribution is 2.38. The zero-order valence-electron chi connectivity index (χ0n) is 9.55. The number of hydrogen-bond donors (Lipinski definition) is 2. The fourth-order valence-electron chi connectivity index (χ4n) is 1.89. The van der Waals surface area contributed by atoms with E-state index >= 15 is 0 Å². The van der Waals surface area contributed by atoms with E-state index in [-0.39, 0.29) is 17.9 Å². The van der Waals surface area contributed by atoms with E-state index in [1.54, 1.807) is 11.3 Å². The second kappa shape index (κ2) is 4.87. The summed E-state index contributed by atoms with van der Waals surface area (Å²) in [5.74, 6) is -1.78. The van der Waals surface area contributed by atoms with Crippen LogP contribution in [0.4, 0.5) is 0 Å². The minimum absolute atomic E-state index is 0.0520. The summed E-state index contributed by atoms with van der Waals surface area (Å²) < 4.78 is 0. The van der Waals surface area contributed by atoms with E-state index in [9.17, 15) is 9.59 Å². The summed E-state index contributed by atoms with van der Waals surface area (Å²) >= 11 is 1.66. The number of carbonyl (C=O) groups is 2. The second-order valence-electron chi connectivity index (χ2n) is 4.48. The molecule has 4 nitrogen and oxygen atoms in total. The molecule has 0 radical (unpaired) electrons. The zero-order chi connectivity index (χ0) is 12.4. The molecule has 2 rings (SSSR count). The van der Waals surface area contributed by atoms with Crippen molar-refractivity contribution in [3.05, 3.63) is 22.4 Å². The molecule has 1 aromatic rings. The Bertz CT molecular complexity index is 415. The molecule has 0 aliphatic heterocycles. The number of carboxylic acids is 1. The fourth-order valence-corrected chi connectivity index (χ4v) is 2.72. The van der Waals surface area contributed by atoms with Crippen molar-refractivity contribution >= 4 is 23.2 Å². The number of carbonyl (C=O) groups excluding carboxylic acids is 1. The molecule has 1 heterocycles. The fraction of sp³-hybridized carbons (Fsp3) is 0.500. The molecule has 3 atom stereocenters. The quantitative estimate of drug-likeness (QED) is 0.836. The molecule has 0 bridgehead atoms. The molecular weight excluding hydrogens is 238 g/mol. The van der Waals surface area contributed by atoms with Crippen LogP contribution in [0.15, 0.2) is 17.5 Å². The Balaban J connectivity index is 1.78. The Kier molecular flexibility index (Phi) is 3.47. The molecule has 0 saturated heterocycles. The van der Waals surface area contributed by atoms with Gasteiger partial charge in [0.1, 0.15) is 0 Å². The van der Waals surface area contributed by atoms with E-state index < -0.39 is 11.9 Å². The first-order chi connectivity index (χ1) is 8.08. The highest BCUT2D eigenvalue weighted by molar-refractivity contribution is 7.09. The van der Waals surface area contributed by atoms with Gasteiger partial charge in [0.05, 0.1) is 11.8 Å². The smallest absolute Gasteiger partial charge is 0.307 e. The SMILES string of the molecule is C[C@H](Cc1cccs1)NC(=O)[C@@H]1C[C@H]1C(=O)O. The summed E-state index contributed by atoms with van der Waals surface area (Å²) in [6.45, 7) is 1.94. The van der Waals surface area contributed by atoms with E-state index in [0.29, 0.717) is 6.42 Å². The van der Waals surface area contributed by atoms with Gasteiger partial charge in [0, 0.05) is 17.3 Å². The molecule has 1 amide bonds. The Hall–Kier alpha value is -1.36. The van der Waals surface area contributed by atoms with Crippen molar-refractivity contribution in [2.45, 2.75) is 25.8 Å². The third-order valence-electron chi connectivity index (χ3n) is 2.92. The number of amides is 1. The van der Waals surface area contributed by atoms with Crippen LogP contribution in [0.3, 0.4) is 0 Å². The van der Waals surface area contributed by atoms with Gasteiger partial charge in [-0.25, -0.2) is 0 Å². The van der Waals surface area contributed by atoms with Crippen LogP contribution in [-0.2, 0) is 16.0 Å². The molecule has 2 N–H and O–H groups in total. The molecule has 1 fully saturated rings. The number of thiophene rings is 1.